The Balaban J connectivity index is -0.0000000771. The molecule has 0 spiro atoms. The van der Waals surface area contributed by atoms with E-state index in [1.807, 2.05) is 27.7 Å². The minimum absolute atomic E-state index is 0.0309. The number of nitrogens with two attached hydrogens (primary N) is 1. The Morgan fingerprint density at radius 1 is 1.33 bits per heavy atom. The second-order valence-electron chi connectivity index (χ2n) is 0.598. The van der Waals surface area contributed by atoms with Gasteiger partial charge < -0.3 is 5.73 Å². The van der Waals surface area contributed by atoms with Crippen molar-refractivity contribution in [3.8, 4) is 0 Å². The first-order valence-electron chi connectivity index (χ1n) is 3.19. The van der Waals surface area contributed by atoms with Crippen molar-refractivity contribution in [3.05, 3.63) is 0 Å². The lowest BCUT2D eigenvalue weighted by Gasteiger charge is -1.71. The fourth-order valence-corrected chi connectivity index (χ4v) is 0. The summed E-state index contributed by atoms with van der Waals surface area (Å²) >= 11 is 3.33. The fourth-order valence-electron chi connectivity index (χ4n) is 0. The van der Waals surface area contributed by atoms with Gasteiger partial charge in [0.05, 0.1) is 6.54 Å². The molecule has 0 saturated heterocycles. The third-order valence-electron chi connectivity index (χ3n) is 0.175. The summed E-state index contributed by atoms with van der Waals surface area (Å²) in [5, 5.41) is -0.273. The topological polar surface area (TPSA) is 43.1 Å². The number of thiol groups is 1. The first-order chi connectivity index (χ1) is 4.27. The van der Waals surface area contributed by atoms with Crippen LogP contribution in [0.25, 0.3) is 0 Å². The van der Waals surface area contributed by atoms with Gasteiger partial charge in [0.25, 0.3) is 0 Å². The van der Waals surface area contributed by atoms with Gasteiger partial charge in [0, 0.05) is 0 Å². The van der Waals surface area contributed by atoms with Gasteiger partial charge in [-0.1, -0.05) is 27.7 Å². The molecule has 3 heteroatoms. The van der Waals surface area contributed by atoms with Crippen molar-refractivity contribution >= 4 is 17.7 Å². The third kappa shape index (κ3) is 72.8. The molecule has 0 aromatic carbocycles. The third-order valence-corrected chi connectivity index (χ3v) is 0.357. The lowest BCUT2D eigenvalue weighted by atomic mass is 10.8. The molecule has 0 aliphatic carbocycles. The number of hydrogen-bond donors (Lipinski definition) is 2. The molecule has 0 fully saturated rings. The van der Waals surface area contributed by atoms with Crippen LogP contribution in [0.1, 0.15) is 27.7 Å². The van der Waals surface area contributed by atoms with Gasteiger partial charge in [-0.05, 0) is 0 Å². The van der Waals surface area contributed by atoms with Crippen LogP contribution >= 0.6 is 12.6 Å². The Hall–Kier alpha value is -0.0200. The molecule has 9 heavy (non-hydrogen) atoms. The summed E-state index contributed by atoms with van der Waals surface area (Å²) in [6.07, 6.45) is 0. The monoisotopic (exact) mass is 151 g/mol. The van der Waals surface area contributed by atoms with Crippen molar-refractivity contribution in [1.29, 1.82) is 0 Å². The van der Waals surface area contributed by atoms with Crippen molar-refractivity contribution in [2.45, 2.75) is 27.7 Å². The molecule has 2 N–H and O–H groups in total. The highest BCUT2D eigenvalue weighted by Crippen LogP contribution is 1.66. The molecule has 0 rings (SSSR count). The molecule has 0 aliphatic rings. The van der Waals surface area contributed by atoms with Gasteiger partial charge in [-0.3, -0.25) is 4.79 Å². The highest BCUT2D eigenvalue weighted by atomic mass is 32.1. The van der Waals surface area contributed by atoms with Gasteiger partial charge in [-0.2, -0.15) is 0 Å². The van der Waals surface area contributed by atoms with E-state index in [4.69, 9.17) is 5.73 Å². The maximum Gasteiger partial charge on any atom is 0.199 e. The average molecular weight is 151 g/mol. The Kier molecular flexibility index (Phi) is 43.6. The lowest BCUT2D eigenvalue weighted by Crippen LogP contribution is -2.05. The fraction of sp³-hybridized carbons (Fsp3) is 0.833. The molecule has 2 nitrogen and oxygen atoms in total. The predicted molar refractivity (Wildman–Crippen MR) is 45.7 cm³/mol. The molecule has 0 aromatic heterocycles. The van der Waals surface area contributed by atoms with E-state index < -0.39 is 0 Å². The number of hydrogen-bond acceptors (Lipinski definition) is 2. The second-order valence-corrected chi connectivity index (χ2v) is 1.10. The first kappa shape index (κ1) is 16.0. The van der Waals surface area contributed by atoms with Crippen LogP contribution in [0.4, 0.5) is 0 Å². The van der Waals surface area contributed by atoms with Crippen LogP contribution in [0.2, 0.25) is 0 Å². The summed E-state index contributed by atoms with van der Waals surface area (Å²) in [4.78, 5) is 9.55. The van der Waals surface area contributed by atoms with Gasteiger partial charge in [-0.15, -0.1) is 12.6 Å². The van der Waals surface area contributed by atoms with Crippen molar-refractivity contribution in [3.63, 3.8) is 0 Å². The molecule has 0 amide bonds. The quantitative estimate of drug-likeness (QED) is 0.557. The number of rotatable bonds is 1. The second kappa shape index (κ2) is 24.5. The molecule has 0 saturated carbocycles. The maximum absolute atomic E-state index is 9.55. The van der Waals surface area contributed by atoms with E-state index in [0.717, 1.165) is 0 Å². The Labute approximate surface area is 63.2 Å². The Bertz CT molecular complexity index is 48.3. The average Bonchev–Trinajstić information content (AvgIpc) is 1.97. The molecule has 0 bridgehead atoms. The normalized spacial score (nSPS) is 5.56. The zero-order valence-corrected chi connectivity index (χ0v) is 7.53. The van der Waals surface area contributed by atoms with E-state index >= 15 is 0 Å². The molecule has 58 valence electrons. The molecule has 0 aromatic rings. The van der Waals surface area contributed by atoms with Crippen LogP contribution in [-0.4, -0.2) is 11.7 Å². The standard InChI is InChI=1S/C2H5NOS.2C2H6/c3-1-2(4)5;2*1-2/h1,3H2,(H,4,5);2*1-2H3. The van der Waals surface area contributed by atoms with Crippen LogP contribution < -0.4 is 5.73 Å². The van der Waals surface area contributed by atoms with Crippen LogP contribution in [0.5, 0.6) is 0 Å². The summed E-state index contributed by atoms with van der Waals surface area (Å²) in [6.45, 7) is 8.03. The van der Waals surface area contributed by atoms with E-state index in [0.29, 0.717) is 0 Å². The van der Waals surface area contributed by atoms with Crippen molar-refractivity contribution in [1.82, 2.24) is 0 Å². The summed E-state index contributed by atoms with van der Waals surface area (Å²) in [6, 6.07) is 0. The predicted octanol–water partition coefficient (Wildman–Crippen LogP) is 1.45. The van der Waals surface area contributed by atoms with Crippen molar-refractivity contribution in [2.75, 3.05) is 6.54 Å². The van der Waals surface area contributed by atoms with Gasteiger partial charge in [0.2, 0.25) is 0 Å². The van der Waals surface area contributed by atoms with Gasteiger partial charge in [-0.25, -0.2) is 0 Å². The minimum atomic E-state index is -0.273. The van der Waals surface area contributed by atoms with Gasteiger partial charge >= 0.3 is 0 Å². The molecule has 0 aliphatic heterocycles. The SMILES string of the molecule is CC.CC.NCC(=O)S. The number of carbonyl (C=O) groups is 1. The largest absolute Gasteiger partial charge is 0.323 e. The highest BCUT2D eigenvalue weighted by molar-refractivity contribution is 7.96. The van der Waals surface area contributed by atoms with E-state index in [2.05, 4.69) is 12.6 Å². The summed E-state index contributed by atoms with van der Waals surface area (Å²) in [5.74, 6) is 0. The van der Waals surface area contributed by atoms with Crippen LogP contribution in [0, 0.1) is 0 Å². The number of carbonyl (C=O) groups excluding carboxylic acids is 1. The zero-order chi connectivity index (χ0) is 8.28. The molecular formula is C6H17NOS. The zero-order valence-electron chi connectivity index (χ0n) is 6.64. The van der Waals surface area contributed by atoms with Crippen LogP contribution in [0.15, 0.2) is 0 Å². The molecule has 0 unspecified atom stereocenters. The molecule has 0 heterocycles. The van der Waals surface area contributed by atoms with Crippen LogP contribution in [-0.2, 0) is 4.79 Å². The van der Waals surface area contributed by atoms with E-state index in [9.17, 15) is 4.79 Å². The molecule has 0 atom stereocenters. The van der Waals surface area contributed by atoms with Gasteiger partial charge in [0.15, 0.2) is 5.12 Å². The summed E-state index contributed by atoms with van der Waals surface area (Å²) < 4.78 is 0. The maximum atomic E-state index is 9.55. The Morgan fingerprint density at radius 2 is 1.44 bits per heavy atom. The summed E-state index contributed by atoms with van der Waals surface area (Å²) in [5.41, 5.74) is 4.75. The molecular weight excluding hydrogens is 134 g/mol. The smallest absolute Gasteiger partial charge is 0.199 e. The Morgan fingerprint density at radius 3 is 1.44 bits per heavy atom. The highest BCUT2D eigenvalue weighted by Gasteiger charge is 1.78. The van der Waals surface area contributed by atoms with Crippen molar-refractivity contribution < 1.29 is 4.79 Å². The van der Waals surface area contributed by atoms with E-state index in [-0.39, 0.29) is 11.7 Å². The molecule has 0 radical (unpaired) electrons. The van der Waals surface area contributed by atoms with Crippen LogP contribution in [0.3, 0.4) is 0 Å². The summed E-state index contributed by atoms with van der Waals surface area (Å²) in [7, 11) is 0. The lowest BCUT2D eigenvalue weighted by molar-refractivity contribution is -0.109. The minimum Gasteiger partial charge on any atom is -0.323 e. The van der Waals surface area contributed by atoms with Crippen molar-refractivity contribution in [2.24, 2.45) is 5.73 Å². The van der Waals surface area contributed by atoms with E-state index in [1.54, 1.807) is 0 Å². The van der Waals surface area contributed by atoms with Gasteiger partial charge in [0.1, 0.15) is 0 Å². The first-order valence-corrected chi connectivity index (χ1v) is 3.64. The van der Waals surface area contributed by atoms with E-state index in [1.165, 1.54) is 0 Å².